The zero-order chi connectivity index (χ0) is 18.8. The van der Waals surface area contributed by atoms with Gasteiger partial charge in [-0.15, -0.1) is 6.58 Å². The van der Waals surface area contributed by atoms with Crippen LogP contribution in [-0.2, 0) is 4.74 Å². The van der Waals surface area contributed by atoms with Gasteiger partial charge in [-0.1, -0.05) is 18.2 Å². The molecule has 1 aliphatic rings. The van der Waals surface area contributed by atoms with Gasteiger partial charge < -0.3 is 4.74 Å². The molecule has 0 fully saturated rings. The van der Waals surface area contributed by atoms with Crippen molar-refractivity contribution in [3.8, 4) is 0 Å². The van der Waals surface area contributed by atoms with Crippen molar-refractivity contribution in [3.63, 3.8) is 0 Å². The van der Waals surface area contributed by atoms with E-state index >= 15 is 0 Å². The Balaban J connectivity index is 1.80. The van der Waals surface area contributed by atoms with Gasteiger partial charge in [-0.3, -0.25) is 14.5 Å². The van der Waals surface area contributed by atoms with Crippen molar-refractivity contribution >= 4 is 17.8 Å². The van der Waals surface area contributed by atoms with E-state index in [0.29, 0.717) is 5.56 Å². The van der Waals surface area contributed by atoms with Gasteiger partial charge in [-0.2, -0.15) is 0 Å². The van der Waals surface area contributed by atoms with Crippen LogP contribution in [0.5, 0.6) is 0 Å². The number of nitrogens with zero attached hydrogens (tertiary/aromatic N) is 1. The Bertz CT molecular complexity index is 905. The maximum Gasteiger partial charge on any atom is 0.338 e. The van der Waals surface area contributed by atoms with Crippen molar-refractivity contribution in [3.05, 3.63) is 83.2 Å². The van der Waals surface area contributed by atoms with E-state index in [1.165, 1.54) is 48.5 Å². The summed E-state index contributed by atoms with van der Waals surface area (Å²) < 4.78 is 18.4. The average Bonchev–Trinajstić information content (AvgIpc) is 2.87. The van der Waals surface area contributed by atoms with Gasteiger partial charge in [-0.05, 0) is 42.8 Å². The first-order chi connectivity index (χ1) is 12.4. The summed E-state index contributed by atoms with van der Waals surface area (Å²) in [5, 5.41) is 0. The molecule has 0 saturated heterocycles. The Labute approximate surface area is 149 Å². The van der Waals surface area contributed by atoms with Gasteiger partial charge >= 0.3 is 5.97 Å². The Hall–Kier alpha value is -3.28. The highest BCUT2D eigenvalue weighted by Gasteiger charge is 2.35. The smallest absolute Gasteiger partial charge is 0.338 e. The number of fused-ring (bicyclic) bond motifs is 1. The molecule has 0 bridgehead atoms. The van der Waals surface area contributed by atoms with Crippen molar-refractivity contribution in [2.75, 3.05) is 6.54 Å². The number of hydrogen-bond donors (Lipinski definition) is 0. The topological polar surface area (TPSA) is 63.7 Å². The zero-order valence-electron chi connectivity index (χ0n) is 14.1. The van der Waals surface area contributed by atoms with Crippen LogP contribution in [0.3, 0.4) is 0 Å². The molecular weight excluding hydrogens is 337 g/mol. The Morgan fingerprint density at radius 3 is 2.46 bits per heavy atom. The summed E-state index contributed by atoms with van der Waals surface area (Å²) in [6, 6.07) is 9.88. The number of hydrogen-bond acceptors (Lipinski definition) is 4. The molecule has 3 rings (SSSR count). The Kier molecular flexibility index (Phi) is 4.67. The number of amides is 2. The van der Waals surface area contributed by atoms with E-state index in [4.69, 9.17) is 4.74 Å². The second-order valence-corrected chi connectivity index (χ2v) is 5.87. The molecule has 2 amide bonds. The lowest BCUT2D eigenvalue weighted by Gasteiger charge is -2.14. The molecule has 0 saturated carbocycles. The standard InChI is InChI=1S/C20H16FNO4/c1-3-10-22-18(23)16-9-6-14(11-17(16)19(22)24)20(25)26-12(2)13-4-7-15(21)8-5-13/h3-9,11-12H,1,10H2,2H3/t12-/m0/s1. The molecule has 0 N–H and O–H groups in total. The van der Waals surface area contributed by atoms with Crippen LogP contribution in [0.2, 0.25) is 0 Å². The molecule has 1 atom stereocenters. The highest BCUT2D eigenvalue weighted by atomic mass is 19.1. The minimum atomic E-state index is -0.632. The molecular formula is C20H16FNO4. The molecule has 5 nitrogen and oxygen atoms in total. The highest BCUT2D eigenvalue weighted by Crippen LogP contribution is 2.25. The maximum absolute atomic E-state index is 13.0. The number of ether oxygens (including phenoxy) is 1. The molecule has 0 aromatic heterocycles. The van der Waals surface area contributed by atoms with Crippen LogP contribution in [0, 0.1) is 5.82 Å². The van der Waals surface area contributed by atoms with Crippen molar-refractivity contribution in [2.45, 2.75) is 13.0 Å². The second kappa shape index (κ2) is 6.92. The van der Waals surface area contributed by atoms with E-state index in [2.05, 4.69) is 6.58 Å². The van der Waals surface area contributed by atoms with E-state index < -0.39 is 23.9 Å². The van der Waals surface area contributed by atoms with Crippen LogP contribution in [0.25, 0.3) is 0 Å². The van der Waals surface area contributed by atoms with Gasteiger partial charge in [0.05, 0.1) is 16.7 Å². The number of benzene rings is 2. The summed E-state index contributed by atoms with van der Waals surface area (Å²) >= 11 is 0. The fourth-order valence-corrected chi connectivity index (χ4v) is 2.74. The fraction of sp³-hybridized carbons (Fsp3) is 0.150. The van der Waals surface area contributed by atoms with E-state index in [1.807, 2.05) is 0 Å². The van der Waals surface area contributed by atoms with Gasteiger partial charge in [0.2, 0.25) is 0 Å². The molecule has 132 valence electrons. The van der Waals surface area contributed by atoms with Crippen LogP contribution < -0.4 is 0 Å². The first kappa shape index (κ1) is 17.5. The number of carbonyl (C=O) groups excluding carboxylic acids is 3. The summed E-state index contributed by atoms with van der Waals surface area (Å²) in [5.74, 6) is -1.89. The lowest BCUT2D eigenvalue weighted by molar-refractivity contribution is 0.0337. The first-order valence-electron chi connectivity index (χ1n) is 8.00. The largest absolute Gasteiger partial charge is 0.454 e. The molecule has 1 aliphatic heterocycles. The number of halogens is 1. The van der Waals surface area contributed by atoms with Crippen LogP contribution in [-0.4, -0.2) is 29.2 Å². The van der Waals surface area contributed by atoms with Gasteiger partial charge in [-0.25, -0.2) is 9.18 Å². The quantitative estimate of drug-likeness (QED) is 0.469. The Morgan fingerprint density at radius 2 is 1.81 bits per heavy atom. The maximum atomic E-state index is 13.0. The lowest BCUT2D eigenvalue weighted by atomic mass is 10.1. The van der Waals surface area contributed by atoms with Crippen molar-refractivity contribution in [1.29, 1.82) is 0 Å². The zero-order valence-corrected chi connectivity index (χ0v) is 14.1. The number of rotatable bonds is 5. The SMILES string of the molecule is C=CCN1C(=O)c2ccc(C(=O)O[C@@H](C)c3ccc(F)cc3)cc2C1=O. The lowest BCUT2D eigenvalue weighted by Crippen LogP contribution is -2.29. The summed E-state index contributed by atoms with van der Waals surface area (Å²) in [5.41, 5.74) is 1.23. The normalized spacial score (nSPS) is 14.2. The number of carbonyl (C=O) groups is 3. The van der Waals surface area contributed by atoms with Crippen molar-refractivity contribution < 1.29 is 23.5 Å². The van der Waals surface area contributed by atoms with Gasteiger partial charge in [0.15, 0.2) is 0 Å². The first-order valence-corrected chi connectivity index (χ1v) is 8.00. The van der Waals surface area contributed by atoms with Crippen molar-refractivity contribution in [1.82, 2.24) is 4.90 Å². The molecule has 6 heteroatoms. The fourth-order valence-electron chi connectivity index (χ4n) is 2.74. The average molecular weight is 353 g/mol. The third kappa shape index (κ3) is 3.13. The molecule has 2 aromatic rings. The third-order valence-corrected chi connectivity index (χ3v) is 4.14. The van der Waals surface area contributed by atoms with E-state index in [-0.39, 0.29) is 29.1 Å². The summed E-state index contributed by atoms with van der Waals surface area (Å²) in [4.78, 5) is 37.9. The van der Waals surface area contributed by atoms with E-state index in [9.17, 15) is 18.8 Å². The molecule has 0 unspecified atom stereocenters. The molecule has 1 heterocycles. The molecule has 0 aliphatic carbocycles. The summed E-state index contributed by atoms with van der Waals surface area (Å²) in [6.07, 6.45) is 0.868. The molecule has 2 aromatic carbocycles. The van der Waals surface area contributed by atoms with Gasteiger partial charge in [0.1, 0.15) is 11.9 Å². The van der Waals surface area contributed by atoms with Crippen LogP contribution in [0.1, 0.15) is 49.7 Å². The molecule has 0 spiro atoms. The predicted molar refractivity (Wildman–Crippen MR) is 92.2 cm³/mol. The second-order valence-electron chi connectivity index (χ2n) is 5.87. The van der Waals surface area contributed by atoms with Gasteiger partial charge in [0, 0.05) is 6.54 Å². The number of esters is 1. The minimum absolute atomic E-state index is 0.105. The summed E-state index contributed by atoms with van der Waals surface area (Å²) in [7, 11) is 0. The minimum Gasteiger partial charge on any atom is -0.454 e. The molecule has 0 radical (unpaired) electrons. The van der Waals surface area contributed by atoms with E-state index in [0.717, 1.165) is 4.90 Å². The van der Waals surface area contributed by atoms with Crippen molar-refractivity contribution in [2.24, 2.45) is 0 Å². The monoisotopic (exact) mass is 353 g/mol. The highest BCUT2D eigenvalue weighted by molar-refractivity contribution is 6.22. The van der Waals surface area contributed by atoms with Crippen LogP contribution >= 0.6 is 0 Å². The third-order valence-electron chi connectivity index (χ3n) is 4.14. The van der Waals surface area contributed by atoms with E-state index in [1.54, 1.807) is 6.92 Å². The predicted octanol–water partition coefficient (Wildman–Crippen LogP) is 3.53. The number of imide groups is 1. The Morgan fingerprint density at radius 1 is 1.15 bits per heavy atom. The summed E-state index contributed by atoms with van der Waals surface area (Å²) in [6.45, 7) is 5.30. The molecule has 26 heavy (non-hydrogen) atoms. The van der Waals surface area contributed by atoms with Crippen LogP contribution in [0.15, 0.2) is 55.1 Å². The van der Waals surface area contributed by atoms with Crippen LogP contribution in [0.4, 0.5) is 4.39 Å². The van der Waals surface area contributed by atoms with Gasteiger partial charge in [0.25, 0.3) is 11.8 Å².